The van der Waals surface area contributed by atoms with Crippen LogP contribution in [-0.2, 0) is 10.9 Å². The number of hydrogen-bond acceptors (Lipinski definition) is 6. The number of carbonyl (C=O) groups is 1. The number of alkyl halides is 3. The summed E-state index contributed by atoms with van der Waals surface area (Å²) in [7, 11) is 1.43. The minimum Gasteiger partial charge on any atom is -0.496 e. The number of benzene rings is 2. The lowest BCUT2D eigenvalue weighted by Crippen LogP contribution is -2.48. The molecule has 1 amide bonds. The van der Waals surface area contributed by atoms with Crippen LogP contribution in [0.3, 0.4) is 0 Å². The van der Waals surface area contributed by atoms with E-state index in [0.29, 0.717) is 30.1 Å². The highest BCUT2D eigenvalue weighted by Gasteiger charge is 2.35. The third-order valence-corrected chi connectivity index (χ3v) is 6.29. The number of nitrogens with zero attached hydrogens (tertiary/aromatic N) is 2. The average Bonchev–Trinajstić information content (AvgIpc) is 2.81. The predicted molar refractivity (Wildman–Crippen MR) is 133 cm³/mol. The van der Waals surface area contributed by atoms with Gasteiger partial charge in [-0.15, -0.1) is 0 Å². The predicted octanol–water partition coefficient (Wildman–Crippen LogP) is 4.68. The Morgan fingerprint density at radius 3 is 2.51 bits per heavy atom. The molecule has 0 aliphatic carbocycles. The molecule has 4 rings (SSSR count). The van der Waals surface area contributed by atoms with Gasteiger partial charge in [0, 0.05) is 30.9 Å². The number of H-pyrrole nitrogens is 1. The highest BCUT2D eigenvalue weighted by atomic mass is 19.4. The van der Waals surface area contributed by atoms with Gasteiger partial charge in [0.05, 0.1) is 41.3 Å². The van der Waals surface area contributed by atoms with E-state index in [9.17, 15) is 22.8 Å². The van der Waals surface area contributed by atoms with Gasteiger partial charge in [0.1, 0.15) is 11.6 Å². The van der Waals surface area contributed by atoms with Gasteiger partial charge in [-0.2, -0.15) is 13.2 Å². The van der Waals surface area contributed by atoms with Gasteiger partial charge in [-0.1, -0.05) is 0 Å². The minimum absolute atomic E-state index is 0.0270. The Balaban J connectivity index is 1.66. The number of anilines is 1. The second kappa shape index (κ2) is 10.0. The number of methoxy groups -OCH3 is 1. The van der Waals surface area contributed by atoms with Gasteiger partial charge in [-0.25, -0.2) is 4.98 Å². The van der Waals surface area contributed by atoms with Crippen molar-refractivity contribution in [1.82, 2.24) is 14.9 Å². The zero-order valence-electron chi connectivity index (χ0n) is 21.2. The van der Waals surface area contributed by atoms with E-state index < -0.39 is 23.3 Å². The highest BCUT2D eigenvalue weighted by Crippen LogP contribution is 2.38. The van der Waals surface area contributed by atoms with Gasteiger partial charge < -0.3 is 24.7 Å². The van der Waals surface area contributed by atoms with E-state index >= 15 is 0 Å². The fourth-order valence-electron chi connectivity index (χ4n) is 4.72. The monoisotopic (exact) mass is 518 g/mol. The Morgan fingerprint density at radius 2 is 1.89 bits per heavy atom. The van der Waals surface area contributed by atoms with Crippen LogP contribution in [0, 0.1) is 6.92 Å². The molecule has 0 bridgehead atoms. The van der Waals surface area contributed by atoms with Crippen LogP contribution in [0.1, 0.15) is 54.1 Å². The number of aromatic nitrogens is 2. The van der Waals surface area contributed by atoms with E-state index in [-0.39, 0.29) is 40.4 Å². The fourth-order valence-corrected chi connectivity index (χ4v) is 4.72. The third-order valence-electron chi connectivity index (χ3n) is 6.29. The zero-order chi connectivity index (χ0) is 27.1. The number of rotatable bonds is 5. The molecule has 37 heavy (non-hydrogen) atoms. The van der Waals surface area contributed by atoms with Gasteiger partial charge in [0.15, 0.2) is 0 Å². The van der Waals surface area contributed by atoms with Crippen LogP contribution < -0.4 is 15.6 Å². The molecule has 1 aliphatic heterocycles. The Bertz CT molecular complexity index is 1380. The van der Waals surface area contributed by atoms with Gasteiger partial charge in [0.25, 0.3) is 11.5 Å². The summed E-state index contributed by atoms with van der Waals surface area (Å²) in [5.74, 6) is 0.307. The van der Waals surface area contributed by atoms with Crippen LogP contribution in [0.15, 0.2) is 35.1 Å². The van der Waals surface area contributed by atoms with Crippen LogP contribution in [0.5, 0.6) is 5.75 Å². The van der Waals surface area contributed by atoms with Crippen molar-refractivity contribution < 1.29 is 27.4 Å². The lowest BCUT2D eigenvalue weighted by Gasteiger charge is -2.35. The number of amides is 1. The second-order valence-electron chi connectivity index (χ2n) is 9.35. The summed E-state index contributed by atoms with van der Waals surface area (Å²) in [6.45, 7) is 7.75. The van der Waals surface area contributed by atoms with Gasteiger partial charge in [0.2, 0.25) is 0 Å². The molecule has 0 spiro atoms. The Morgan fingerprint density at radius 1 is 1.22 bits per heavy atom. The summed E-state index contributed by atoms with van der Waals surface area (Å²) in [6, 6.07) is 6.06. The summed E-state index contributed by atoms with van der Waals surface area (Å²) in [6.07, 6.45) is -4.86. The number of hydrogen-bond donors (Lipinski definition) is 2. The molecule has 2 N–H and O–H groups in total. The summed E-state index contributed by atoms with van der Waals surface area (Å²) in [4.78, 5) is 33.8. The summed E-state index contributed by atoms with van der Waals surface area (Å²) >= 11 is 0. The fraction of sp³-hybridized carbons (Fsp3) is 0.423. The number of nitrogens with one attached hydrogen (secondary N) is 2. The maximum Gasteiger partial charge on any atom is 0.416 e. The maximum atomic E-state index is 14.0. The van der Waals surface area contributed by atoms with E-state index in [2.05, 4.69) is 15.3 Å². The van der Waals surface area contributed by atoms with Gasteiger partial charge in [-0.05, 0) is 57.5 Å². The Labute approximate surface area is 211 Å². The highest BCUT2D eigenvalue weighted by molar-refractivity contribution is 5.97. The number of aryl methyl sites for hydroxylation is 1. The second-order valence-corrected chi connectivity index (χ2v) is 9.35. The van der Waals surface area contributed by atoms with Crippen molar-refractivity contribution in [2.75, 3.05) is 25.5 Å². The molecule has 1 saturated heterocycles. The normalized spacial score (nSPS) is 19.1. The van der Waals surface area contributed by atoms with E-state index in [0.717, 1.165) is 6.07 Å². The van der Waals surface area contributed by atoms with Crippen molar-refractivity contribution >= 4 is 22.5 Å². The van der Waals surface area contributed by atoms with E-state index in [1.807, 2.05) is 13.8 Å². The maximum absolute atomic E-state index is 14.0. The standard InChI is InChI=1S/C26H29F3N4O4/c1-13-11-33(12-14(2)37-13)25(35)18-7-6-17(8-23(18)36-5)30-15(3)19-9-20-22(10-21(19)26(27,28)29)31-16(4)32-24(20)34/h6-10,13-15,30H,11-12H2,1-5H3,(H,31,32,34). The van der Waals surface area contributed by atoms with Crippen molar-refractivity contribution in [3.8, 4) is 5.75 Å². The number of carbonyl (C=O) groups excluding carboxylic acids is 1. The van der Waals surface area contributed by atoms with Gasteiger partial charge >= 0.3 is 6.18 Å². The number of morpholine rings is 1. The molecule has 3 aromatic rings. The number of ether oxygens (including phenoxy) is 2. The molecule has 1 aromatic heterocycles. The topological polar surface area (TPSA) is 96.5 Å². The molecule has 3 unspecified atom stereocenters. The first kappa shape index (κ1) is 26.5. The molecule has 2 aromatic carbocycles. The quantitative estimate of drug-likeness (QED) is 0.509. The lowest BCUT2D eigenvalue weighted by atomic mass is 9.98. The molecule has 3 atom stereocenters. The first-order chi connectivity index (χ1) is 17.4. The van der Waals surface area contributed by atoms with E-state index in [1.165, 1.54) is 20.1 Å². The zero-order valence-corrected chi connectivity index (χ0v) is 21.2. The van der Waals surface area contributed by atoms with Crippen LogP contribution in [0.25, 0.3) is 10.9 Å². The van der Waals surface area contributed by atoms with E-state index in [1.54, 1.807) is 30.0 Å². The Hall–Kier alpha value is -3.60. The molecular formula is C26H29F3N4O4. The van der Waals surface area contributed by atoms with Crippen molar-refractivity contribution in [3.05, 3.63) is 63.2 Å². The first-order valence-corrected chi connectivity index (χ1v) is 11.9. The molecule has 198 valence electrons. The Kier molecular flexibility index (Phi) is 7.18. The molecular weight excluding hydrogens is 489 g/mol. The van der Waals surface area contributed by atoms with Crippen molar-refractivity contribution in [2.24, 2.45) is 0 Å². The summed E-state index contributed by atoms with van der Waals surface area (Å²) in [5.41, 5.74) is -0.731. The van der Waals surface area contributed by atoms with E-state index in [4.69, 9.17) is 9.47 Å². The van der Waals surface area contributed by atoms with Crippen LogP contribution in [-0.4, -0.2) is 53.2 Å². The van der Waals surface area contributed by atoms with Crippen LogP contribution >= 0.6 is 0 Å². The van der Waals surface area contributed by atoms with Crippen LogP contribution in [0.2, 0.25) is 0 Å². The van der Waals surface area contributed by atoms with Gasteiger partial charge in [-0.3, -0.25) is 9.59 Å². The number of fused-ring (bicyclic) bond motifs is 1. The average molecular weight is 519 g/mol. The SMILES string of the molecule is COc1cc(NC(C)c2cc3c(=O)[nH]c(C)nc3cc2C(F)(F)F)ccc1C(=O)N1CC(C)OC(C)C1. The molecule has 1 fully saturated rings. The number of halogens is 3. The van der Waals surface area contributed by atoms with Crippen molar-refractivity contribution in [1.29, 1.82) is 0 Å². The smallest absolute Gasteiger partial charge is 0.416 e. The van der Waals surface area contributed by atoms with Crippen molar-refractivity contribution in [2.45, 2.75) is 52.1 Å². The lowest BCUT2D eigenvalue weighted by molar-refractivity contribution is -0.138. The molecule has 0 radical (unpaired) electrons. The minimum atomic E-state index is -4.65. The molecule has 8 nitrogen and oxygen atoms in total. The van der Waals surface area contributed by atoms with Crippen LogP contribution in [0.4, 0.5) is 18.9 Å². The third kappa shape index (κ3) is 5.56. The molecule has 2 heterocycles. The summed E-state index contributed by atoms with van der Waals surface area (Å²) < 4.78 is 53.0. The molecule has 11 heteroatoms. The largest absolute Gasteiger partial charge is 0.496 e. The summed E-state index contributed by atoms with van der Waals surface area (Å²) in [5, 5.41) is 3.11. The van der Waals surface area contributed by atoms with Crippen molar-refractivity contribution in [3.63, 3.8) is 0 Å². The molecule has 1 aliphatic rings. The molecule has 0 saturated carbocycles. The number of aromatic amines is 1. The first-order valence-electron chi connectivity index (χ1n) is 11.9.